The topological polar surface area (TPSA) is 0 Å². The summed E-state index contributed by atoms with van der Waals surface area (Å²) in [7, 11) is 0. The van der Waals surface area contributed by atoms with Crippen LogP contribution < -0.4 is 0 Å². The van der Waals surface area contributed by atoms with Gasteiger partial charge in [-0.15, -0.1) is 0 Å². The van der Waals surface area contributed by atoms with Crippen molar-refractivity contribution in [2.75, 3.05) is 0 Å². The number of rotatable bonds is 19. The van der Waals surface area contributed by atoms with Crippen LogP contribution >= 0.6 is 0 Å². The molecule has 0 aliphatic heterocycles. The molecule has 0 rings (SSSR count). The lowest BCUT2D eigenvalue weighted by molar-refractivity contribution is 0.525. The Bertz CT molecular complexity index is 153. The van der Waals surface area contributed by atoms with Gasteiger partial charge in [0.2, 0.25) is 0 Å². The Hall–Kier alpha value is 0. The van der Waals surface area contributed by atoms with Crippen LogP contribution in [0.1, 0.15) is 136 Å². The van der Waals surface area contributed by atoms with Crippen LogP contribution in [0.3, 0.4) is 0 Å². The van der Waals surface area contributed by atoms with Gasteiger partial charge in [0, 0.05) is 0 Å². The summed E-state index contributed by atoms with van der Waals surface area (Å²) in [5, 5.41) is 0. The summed E-state index contributed by atoms with van der Waals surface area (Å²) in [5.74, 6) is 0. The van der Waals surface area contributed by atoms with E-state index in [-0.39, 0.29) is 0 Å². The van der Waals surface area contributed by atoms with E-state index in [0.717, 1.165) is 0 Å². The van der Waals surface area contributed by atoms with Crippen molar-refractivity contribution in [2.24, 2.45) is 0 Å². The summed E-state index contributed by atoms with van der Waals surface area (Å²) >= 11 is 0. The Morgan fingerprint density at radius 1 is 0.409 bits per heavy atom. The van der Waals surface area contributed by atoms with Crippen LogP contribution in [0.2, 0.25) is 0 Å². The average Bonchev–Trinajstić information content (AvgIpc) is 2.54. The van der Waals surface area contributed by atoms with Crippen LogP contribution in [0.5, 0.6) is 0 Å². The molecule has 0 heteroatoms. The van der Waals surface area contributed by atoms with Crippen LogP contribution in [-0.4, -0.2) is 0 Å². The molecule has 0 spiro atoms. The van der Waals surface area contributed by atoms with E-state index in [2.05, 4.69) is 20.3 Å². The third-order valence-corrected chi connectivity index (χ3v) is 4.85. The highest BCUT2D eigenvalue weighted by molar-refractivity contribution is 4.55. The molecule has 0 aromatic heterocycles. The van der Waals surface area contributed by atoms with Crippen molar-refractivity contribution in [1.29, 1.82) is 0 Å². The molecule has 0 nitrogen and oxygen atoms in total. The first-order valence-electron chi connectivity index (χ1n) is 10.7. The zero-order valence-corrected chi connectivity index (χ0v) is 16.0. The second kappa shape index (κ2) is 21.0. The molecule has 0 saturated heterocycles. The van der Waals surface area contributed by atoms with E-state index >= 15 is 0 Å². The van der Waals surface area contributed by atoms with Crippen LogP contribution in [0.15, 0.2) is 0 Å². The van der Waals surface area contributed by atoms with Gasteiger partial charge in [-0.1, -0.05) is 136 Å². The monoisotopic (exact) mass is 309 g/mol. The highest BCUT2D eigenvalue weighted by Crippen LogP contribution is 2.14. The highest BCUT2D eigenvalue weighted by atomic mass is 14.0. The van der Waals surface area contributed by atoms with E-state index in [0.29, 0.717) is 0 Å². The van der Waals surface area contributed by atoms with Crippen LogP contribution in [0.25, 0.3) is 0 Å². The Morgan fingerprint density at radius 2 is 0.682 bits per heavy atom. The van der Waals surface area contributed by atoms with Gasteiger partial charge in [0.15, 0.2) is 0 Å². The van der Waals surface area contributed by atoms with Gasteiger partial charge in [-0.2, -0.15) is 0 Å². The largest absolute Gasteiger partial charge is 0.0654 e. The van der Waals surface area contributed by atoms with Crippen LogP contribution in [0.4, 0.5) is 0 Å². The van der Waals surface area contributed by atoms with E-state index < -0.39 is 0 Å². The smallest absolute Gasteiger partial charge is 0.0417 e. The SMILES string of the molecule is C[CH]CCCCCCCCCCCCCCCCCCCC. The van der Waals surface area contributed by atoms with Crippen molar-refractivity contribution in [1.82, 2.24) is 0 Å². The molecule has 0 aliphatic carbocycles. The predicted molar refractivity (Wildman–Crippen MR) is 103 cm³/mol. The minimum atomic E-state index is 1.32. The summed E-state index contributed by atoms with van der Waals surface area (Å²) < 4.78 is 0. The van der Waals surface area contributed by atoms with E-state index in [4.69, 9.17) is 0 Å². The minimum absolute atomic E-state index is 1.32. The summed E-state index contributed by atoms with van der Waals surface area (Å²) in [4.78, 5) is 0. The molecule has 0 heterocycles. The number of hydrogen-bond acceptors (Lipinski definition) is 0. The molecule has 0 fully saturated rings. The van der Waals surface area contributed by atoms with Gasteiger partial charge in [0.1, 0.15) is 0 Å². The van der Waals surface area contributed by atoms with E-state index in [9.17, 15) is 0 Å². The normalized spacial score (nSPS) is 11.2. The standard InChI is InChI=1S/C22H45/c1-3-5-7-9-11-13-15-17-19-21-22-20-18-16-14-12-10-8-6-4-2/h3H,4-22H2,1-2H3. The maximum Gasteiger partial charge on any atom is -0.0417 e. The van der Waals surface area contributed by atoms with Crippen molar-refractivity contribution in [3.63, 3.8) is 0 Å². The molecule has 22 heavy (non-hydrogen) atoms. The van der Waals surface area contributed by atoms with Crippen molar-refractivity contribution >= 4 is 0 Å². The lowest BCUT2D eigenvalue weighted by Crippen LogP contribution is -1.84. The molecule has 0 atom stereocenters. The first-order chi connectivity index (χ1) is 10.9. The summed E-state index contributed by atoms with van der Waals surface area (Å²) in [6, 6.07) is 0. The first-order valence-corrected chi connectivity index (χ1v) is 10.7. The fourth-order valence-corrected chi connectivity index (χ4v) is 3.25. The zero-order chi connectivity index (χ0) is 16.1. The second-order valence-electron chi connectivity index (χ2n) is 7.21. The number of unbranched alkanes of at least 4 members (excludes halogenated alkanes) is 19. The molecule has 133 valence electrons. The van der Waals surface area contributed by atoms with Gasteiger partial charge in [-0.05, 0) is 6.42 Å². The van der Waals surface area contributed by atoms with Gasteiger partial charge >= 0.3 is 0 Å². The Balaban J connectivity index is 2.91. The summed E-state index contributed by atoms with van der Waals surface area (Å²) in [5.41, 5.74) is 0. The average molecular weight is 310 g/mol. The minimum Gasteiger partial charge on any atom is -0.0654 e. The molecule has 0 unspecified atom stereocenters. The fraction of sp³-hybridized carbons (Fsp3) is 0.955. The van der Waals surface area contributed by atoms with Crippen LogP contribution in [0, 0.1) is 6.42 Å². The Morgan fingerprint density at radius 3 is 0.955 bits per heavy atom. The predicted octanol–water partition coefficient (Wildman–Crippen LogP) is 8.64. The van der Waals surface area contributed by atoms with Crippen molar-refractivity contribution in [3.05, 3.63) is 6.42 Å². The molecular weight excluding hydrogens is 264 g/mol. The molecule has 0 aromatic rings. The maximum absolute atomic E-state index is 2.30. The zero-order valence-electron chi connectivity index (χ0n) is 16.0. The van der Waals surface area contributed by atoms with E-state index in [1.165, 1.54) is 122 Å². The van der Waals surface area contributed by atoms with Gasteiger partial charge < -0.3 is 0 Å². The third-order valence-electron chi connectivity index (χ3n) is 4.85. The third kappa shape index (κ3) is 20.0. The van der Waals surface area contributed by atoms with Gasteiger partial charge in [-0.25, -0.2) is 0 Å². The molecule has 0 aromatic carbocycles. The van der Waals surface area contributed by atoms with Crippen LogP contribution in [-0.2, 0) is 0 Å². The van der Waals surface area contributed by atoms with E-state index in [1.54, 1.807) is 0 Å². The molecule has 0 bridgehead atoms. The summed E-state index contributed by atoms with van der Waals surface area (Å²) in [6.07, 6.45) is 30.0. The fourth-order valence-electron chi connectivity index (χ4n) is 3.25. The van der Waals surface area contributed by atoms with Crippen molar-refractivity contribution in [3.8, 4) is 0 Å². The molecule has 0 saturated carbocycles. The molecule has 1 radical (unpaired) electrons. The van der Waals surface area contributed by atoms with Gasteiger partial charge in [0.25, 0.3) is 0 Å². The second-order valence-corrected chi connectivity index (χ2v) is 7.21. The lowest BCUT2D eigenvalue weighted by atomic mass is 10.0. The Labute approximate surface area is 142 Å². The summed E-state index contributed by atoms with van der Waals surface area (Å²) in [6.45, 7) is 4.47. The quantitative estimate of drug-likeness (QED) is 0.209. The van der Waals surface area contributed by atoms with Gasteiger partial charge in [-0.3, -0.25) is 0 Å². The molecule has 0 N–H and O–H groups in total. The highest BCUT2D eigenvalue weighted by Gasteiger charge is 1.94. The maximum atomic E-state index is 2.30. The molecule has 0 aliphatic rings. The van der Waals surface area contributed by atoms with Crippen molar-refractivity contribution in [2.45, 2.75) is 136 Å². The molecular formula is C22H45. The van der Waals surface area contributed by atoms with E-state index in [1.807, 2.05) is 0 Å². The van der Waals surface area contributed by atoms with Crippen molar-refractivity contribution < 1.29 is 0 Å². The number of hydrogen-bond donors (Lipinski definition) is 0. The lowest BCUT2D eigenvalue weighted by Gasteiger charge is -2.03. The van der Waals surface area contributed by atoms with Gasteiger partial charge in [0.05, 0.1) is 0 Å². The molecule has 0 amide bonds. The first kappa shape index (κ1) is 22.0. The Kier molecular flexibility index (Phi) is 21.0.